The highest BCUT2D eigenvalue weighted by molar-refractivity contribution is 5.42. The molecule has 138 valence electrons. The monoisotopic (exact) mass is 346 g/mol. The predicted molar refractivity (Wildman–Crippen MR) is 107 cm³/mol. The molecule has 0 aliphatic rings. The summed E-state index contributed by atoms with van der Waals surface area (Å²) in [5, 5.41) is 0. The Hall–Kier alpha value is -1.96. The van der Waals surface area contributed by atoms with E-state index in [2.05, 4.69) is 13.2 Å². The number of benzene rings is 1. The first-order valence-corrected chi connectivity index (χ1v) is 8.73. The van der Waals surface area contributed by atoms with Gasteiger partial charge in [0.2, 0.25) is 0 Å². The molecule has 2 heteroatoms. The summed E-state index contributed by atoms with van der Waals surface area (Å²) in [6.07, 6.45) is 6.90. The lowest BCUT2D eigenvalue weighted by Gasteiger charge is -2.26. The lowest BCUT2D eigenvalue weighted by Crippen LogP contribution is -2.20. The Morgan fingerprint density at radius 1 is 1.24 bits per heavy atom. The van der Waals surface area contributed by atoms with E-state index < -0.39 is 5.67 Å². The normalized spacial score (nSPS) is 13.8. The Morgan fingerprint density at radius 3 is 2.24 bits per heavy atom. The summed E-state index contributed by atoms with van der Waals surface area (Å²) in [5.41, 5.74) is 2.98. The molecule has 0 fully saturated rings. The molecule has 0 aromatic heterocycles. The number of rotatable bonds is 6. The maximum Gasteiger partial charge on any atom is 0.154 e. The highest BCUT2D eigenvalue weighted by Gasteiger charge is 2.30. The van der Waals surface area contributed by atoms with Crippen LogP contribution in [0.2, 0.25) is 0 Å². The SMILES string of the molecule is C=C(C)C(C)(F)c1c(C)cccc1CC.C=C(F)/C=C(\C=C/C)CC. The number of allylic oxidation sites excluding steroid dienone is 6. The number of alkyl halides is 1. The molecule has 0 aliphatic carbocycles. The van der Waals surface area contributed by atoms with Crippen LogP contribution in [0.4, 0.5) is 8.78 Å². The largest absolute Gasteiger partial charge is 0.234 e. The third-order valence-corrected chi connectivity index (χ3v) is 4.14. The average Bonchev–Trinajstić information content (AvgIpc) is 2.53. The molecule has 0 saturated heterocycles. The summed E-state index contributed by atoms with van der Waals surface area (Å²) < 4.78 is 26.7. The van der Waals surface area contributed by atoms with Gasteiger partial charge in [0.05, 0.1) is 0 Å². The molecule has 1 aromatic carbocycles. The molecule has 1 atom stereocenters. The molecule has 0 N–H and O–H groups in total. The predicted octanol–water partition coefficient (Wildman–Crippen LogP) is 7.70. The second-order valence-corrected chi connectivity index (χ2v) is 6.27. The first-order chi connectivity index (χ1) is 11.6. The molecule has 0 aliphatic heterocycles. The number of halogens is 2. The van der Waals surface area contributed by atoms with Crippen molar-refractivity contribution in [2.24, 2.45) is 0 Å². The highest BCUT2D eigenvalue weighted by Crippen LogP contribution is 2.36. The van der Waals surface area contributed by atoms with Gasteiger partial charge in [0.15, 0.2) is 5.67 Å². The van der Waals surface area contributed by atoms with E-state index in [4.69, 9.17) is 0 Å². The minimum atomic E-state index is -1.42. The Bertz CT molecular complexity index is 646. The van der Waals surface area contributed by atoms with Crippen molar-refractivity contribution in [3.8, 4) is 0 Å². The van der Waals surface area contributed by atoms with E-state index in [9.17, 15) is 8.78 Å². The van der Waals surface area contributed by atoms with Crippen molar-refractivity contribution in [2.75, 3.05) is 0 Å². The zero-order chi connectivity index (χ0) is 19.6. The molecule has 0 radical (unpaired) electrons. The molecule has 0 bridgehead atoms. The van der Waals surface area contributed by atoms with Gasteiger partial charge in [0.25, 0.3) is 0 Å². The first-order valence-electron chi connectivity index (χ1n) is 8.73. The van der Waals surface area contributed by atoms with E-state index in [0.717, 1.165) is 35.1 Å². The molecule has 1 unspecified atom stereocenters. The average molecular weight is 347 g/mol. The summed E-state index contributed by atoms with van der Waals surface area (Å²) in [4.78, 5) is 0. The second-order valence-electron chi connectivity index (χ2n) is 6.27. The van der Waals surface area contributed by atoms with Crippen LogP contribution in [0.3, 0.4) is 0 Å². The van der Waals surface area contributed by atoms with Gasteiger partial charge < -0.3 is 0 Å². The van der Waals surface area contributed by atoms with Crippen LogP contribution < -0.4 is 0 Å². The van der Waals surface area contributed by atoms with Gasteiger partial charge in [0, 0.05) is 0 Å². The third kappa shape index (κ3) is 7.21. The van der Waals surface area contributed by atoms with Crippen LogP contribution in [-0.2, 0) is 12.1 Å². The van der Waals surface area contributed by atoms with Crippen LogP contribution >= 0.6 is 0 Å². The summed E-state index contributed by atoms with van der Waals surface area (Å²) in [6, 6.07) is 5.92. The molecule has 0 spiro atoms. The smallest absolute Gasteiger partial charge is 0.154 e. The van der Waals surface area contributed by atoms with Crippen molar-refractivity contribution in [1.82, 2.24) is 0 Å². The lowest BCUT2D eigenvalue weighted by molar-refractivity contribution is 0.242. The van der Waals surface area contributed by atoms with Gasteiger partial charge in [-0.2, -0.15) is 0 Å². The van der Waals surface area contributed by atoms with Crippen molar-refractivity contribution in [2.45, 2.75) is 60.1 Å². The zero-order valence-electron chi connectivity index (χ0n) is 16.5. The van der Waals surface area contributed by atoms with Crippen molar-refractivity contribution >= 4 is 0 Å². The molecule has 0 heterocycles. The van der Waals surface area contributed by atoms with Crippen LogP contribution in [0.25, 0.3) is 0 Å². The van der Waals surface area contributed by atoms with Gasteiger partial charge >= 0.3 is 0 Å². The first kappa shape index (κ1) is 23.0. The quantitative estimate of drug-likeness (QED) is 0.365. The number of aryl methyl sites for hydroxylation is 2. The molecule has 0 amide bonds. The fourth-order valence-electron chi connectivity index (χ4n) is 2.59. The molecular formula is C23H32F2. The minimum absolute atomic E-state index is 0.380. The van der Waals surface area contributed by atoms with E-state index in [1.54, 1.807) is 13.8 Å². The van der Waals surface area contributed by atoms with Crippen LogP contribution in [-0.4, -0.2) is 0 Å². The number of hydrogen-bond donors (Lipinski definition) is 0. The van der Waals surface area contributed by atoms with Gasteiger partial charge in [-0.3, -0.25) is 0 Å². The third-order valence-electron chi connectivity index (χ3n) is 4.14. The molecule has 0 nitrogen and oxygen atoms in total. The van der Waals surface area contributed by atoms with Gasteiger partial charge in [-0.05, 0) is 74.4 Å². The molecular weight excluding hydrogens is 314 g/mol. The Kier molecular flexibility index (Phi) is 9.96. The maximum atomic E-state index is 14.6. The molecule has 1 aromatic rings. The van der Waals surface area contributed by atoms with E-state index in [-0.39, 0.29) is 5.83 Å². The van der Waals surface area contributed by atoms with Crippen LogP contribution in [0.1, 0.15) is 57.7 Å². The van der Waals surface area contributed by atoms with E-state index >= 15 is 0 Å². The van der Waals surface area contributed by atoms with E-state index in [1.165, 1.54) is 6.08 Å². The fourth-order valence-corrected chi connectivity index (χ4v) is 2.59. The summed E-state index contributed by atoms with van der Waals surface area (Å²) >= 11 is 0. The van der Waals surface area contributed by atoms with Crippen LogP contribution in [0, 0.1) is 6.92 Å². The highest BCUT2D eigenvalue weighted by atomic mass is 19.1. The van der Waals surface area contributed by atoms with Gasteiger partial charge in [-0.25, -0.2) is 8.78 Å². The Labute approximate surface area is 152 Å². The van der Waals surface area contributed by atoms with Crippen molar-refractivity contribution in [1.29, 1.82) is 0 Å². The Balaban J connectivity index is 0.000000504. The fraction of sp³-hybridized carbons (Fsp3) is 0.391. The molecule has 25 heavy (non-hydrogen) atoms. The van der Waals surface area contributed by atoms with Crippen molar-refractivity contribution in [3.63, 3.8) is 0 Å². The summed E-state index contributed by atoms with van der Waals surface area (Å²) in [5.74, 6) is -0.380. The molecule has 1 rings (SSSR count). The van der Waals surface area contributed by atoms with Crippen LogP contribution in [0.5, 0.6) is 0 Å². The van der Waals surface area contributed by atoms with E-state index in [1.807, 2.05) is 58.0 Å². The standard InChI is InChI=1S/C14H19F.C9H13F/c1-6-12-9-7-8-11(4)13(12)14(5,15)10(2)3;1-4-6-9(5-2)7-8(3)10/h7-9H,2,6H2,1,3-5H3;4,6-7H,3,5H2,1-2H3/b;6-4-,9-7-. The maximum absolute atomic E-state index is 14.6. The topological polar surface area (TPSA) is 0 Å². The van der Waals surface area contributed by atoms with Crippen LogP contribution in [0.15, 0.2) is 66.6 Å². The van der Waals surface area contributed by atoms with Gasteiger partial charge in [0.1, 0.15) is 5.83 Å². The second kappa shape index (κ2) is 10.8. The van der Waals surface area contributed by atoms with Gasteiger partial charge in [-0.1, -0.05) is 57.4 Å². The lowest BCUT2D eigenvalue weighted by atomic mass is 9.84. The van der Waals surface area contributed by atoms with Crippen molar-refractivity contribution in [3.05, 3.63) is 83.2 Å². The summed E-state index contributed by atoms with van der Waals surface area (Å²) in [6.45, 7) is 18.1. The minimum Gasteiger partial charge on any atom is -0.234 e. The molecule has 0 saturated carbocycles. The van der Waals surface area contributed by atoms with Gasteiger partial charge in [-0.15, -0.1) is 0 Å². The summed E-state index contributed by atoms with van der Waals surface area (Å²) in [7, 11) is 0. The van der Waals surface area contributed by atoms with E-state index in [0.29, 0.717) is 5.57 Å². The number of hydrogen-bond acceptors (Lipinski definition) is 0. The van der Waals surface area contributed by atoms with Crippen molar-refractivity contribution < 1.29 is 8.78 Å². The Morgan fingerprint density at radius 2 is 1.84 bits per heavy atom. The zero-order valence-corrected chi connectivity index (χ0v) is 16.5.